The summed E-state index contributed by atoms with van der Waals surface area (Å²) in [5.41, 5.74) is 0. The molecule has 22 heavy (non-hydrogen) atoms. The highest BCUT2D eigenvalue weighted by molar-refractivity contribution is 5.68. The normalized spacial score (nSPS) is 12.0. The Balaban J connectivity index is 3.19. The highest BCUT2D eigenvalue weighted by Gasteiger charge is 1.90. The van der Waals surface area contributed by atoms with Crippen LogP contribution in [0.3, 0.4) is 0 Å². The standard InChI is InChI=1S/C20H34O2/c1-2-3-4-5-6-7-8-9-10-11-12-13-14-15-16-17-18-19-20(21)22/h3-4,12-13,17-18H,2,5-11,14-16,19H2,1H3,(H,21,22). The van der Waals surface area contributed by atoms with Crippen molar-refractivity contribution in [1.29, 1.82) is 0 Å². The van der Waals surface area contributed by atoms with Crippen LogP contribution < -0.4 is 0 Å². The molecule has 0 saturated heterocycles. The fourth-order valence-corrected chi connectivity index (χ4v) is 2.23. The van der Waals surface area contributed by atoms with Gasteiger partial charge in [-0.3, -0.25) is 4.79 Å². The molecule has 0 saturated carbocycles. The molecule has 0 bridgehead atoms. The van der Waals surface area contributed by atoms with Crippen LogP contribution in [0.2, 0.25) is 0 Å². The second-order valence-electron chi connectivity index (χ2n) is 5.70. The lowest BCUT2D eigenvalue weighted by Gasteiger charge is -1.98. The molecule has 126 valence electrons. The molecular formula is C20H34O2. The van der Waals surface area contributed by atoms with E-state index in [1.54, 1.807) is 6.08 Å². The van der Waals surface area contributed by atoms with Crippen molar-refractivity contribution in [2.24, 2.45) is 0 Å². The van der Waals surface area contributed by atoms with E-state index in [4.69, 9.17) is 5.11 Å². The second kappa shape index (κ2) is 17.7. The van der Waals surface area contributed by atoms with Crippen molar-refractivity contribution >= 4 is 5.97 Å². The zero-order chi connectivity index (χ0) is 16.3. The molecule has 0 amide bonds. The number of unbranched alkanes of at least 4 members (excludes halogenated alkanes) is 8. The van der Waals surface area contributed by atoms with Crippen molar-refractivity contribution in [2.75, 3.05) is 0 Å². The lowest BCUT2D eigenvalue weighted by molar-refractivity contribution is -0.136. The fourth-order valence-electron chi connectivity index (χ4n) is 2.23. The SMILES string of the molecule is CCC=CCCCCCCCC=CCCCC=CCC(=O)O. The molecule has 0 aliphatic heterocycles. The molecule has 0 fully saturated rings. The number of carbonyl (C=O) groups is 1. The Bertz CT molecular complexity index is 327. The first-order chi connectivity index (χ1) is 10.8. The van der Waals surface area contributed by atoms with E-state index in [1.165, 1.54) is 44.9 Å². The molecule has 0 spiro atoms. The summed E-state index contributed by atoms with van der Waals surface area (Å²) < 4.78 is 0. The molecule has 0 heterocycles. The summed E-state index contributed by atoms with van der Waals surface area (Å²) in [6, 6.07) is 0. The zero-order valence-electron chi connectivity index (χ0n) is 14.3. The van der Waals surface area contributed by atoms with Gasteiger partial charge in [-0.2, -0.15) is 0 Å². The summed E-state index contributed by atoms with van der Waals surface area (Å²) in [6.07, 6.45) is 26.5. The van der Waals surface area contributed by atoms with Gasteiger partial charge in [-0.1, -0.05) is 62.6 Å². The number of carboxylic acid groups (broad SMARTS) is 1. The topological polar surface area (TPSA) is 37.3 Å². The molecule has 0 aliphatic rings. The third-order valence-corrected chi connectivity index (χ3v) is 3.51. The van der Waals surface area contributed by atoms with Crippen molar-refractivity contribution in [3.8, 4) is 0 Å². The van der Waals surface area contributed by atoms with Crippen LogP contribution in [0.25, 0.3) is 0 Å². The van der Waals surface area contributed by atoms with Gasteiger partial charge in [0.25, 0.3) is 0 Å². The average Bonchev–Trinajstić information content (AvgIpc) is 2.50. The van der Waals surface area contributed by atoms with Crippen LogP contribution in [-0.4, -0.2) is 11.1 Å². The molecule has 2 nitrogen and oxygen atoms in total. The minimum Gasteiger partial charge on any atom is -0.481 e. The maximum absolute atomic E-state index is 10.3. The quantitative estimate of drug-likeness (QED) is 0.279. The third-order valence-electron chi connectivity index (χ3n) is 3.51. The van der Waals surface area contributed by atoms with Crippen LogP contribution in [0, 0.1) is 0 Å². The molecule has 2 heteroatoms. The summed E-state index contributed by atoms with van der Waals surface area (Å²) >= 11 is 0. The molecule has 0 unspecified atom stereocenters. The Labute approximate surface area is 137 Å². The van der Waals surface area contributed by atoms with Gasteiger partial charge in [-0.05, 0) is 51.4 Å². The maximum atomic E-state index is 10.3. The van der Waals surface area contributed by atoms with Crippen LogP contribution in [0.15, 0.2) is 36.5 Å². The van der Waals surface area contributed by atoms with E-state index in [2.05, 4.69) is 31.2 Å². The summed E-state index contributed by atoms with van der Waals surface area (Å²) in [4.78, 5) is 10.3. The minimum absolute atomic E-state index is 0.144. The van der Waals surface area contributed by atoms with E-state index in [-0.39, 0.29) is 6.42 Å². The Morgan fingerprint density at radius 1 is 0.682 bits per heavy atom. The second-order valence-corrected chi connectivity index (χ2v) is 5.70. The number of rotatable bonds is 15. The molecule has 0 aliphatic carbocycles. The van der Waals surface area contributed by atoms with Crippen LogP contribution in [0.4, 0.5) is 0 Å². The molecule has 0 aromatic rings. The van der Waals surface area contributed by atoms with Gasteiger partial charge in [0.2, 0.25) is 0 Å². The van der Waals surface area contributed by atoms with Gasteiger partial charge in [0.05, 0.1) is 6.42 Å². The molecule has 0 atom stereocenters. The van der Waals surface area contributed by atoms with Gasteiger partial charge < -0.3 is 5.11 Å². The Kier molecular flexibility index (Phi) is 16.7. The van der Waals surface area contributed by atoms with E-state index in [0.717, 1.165) is 25.7 Å². The van der Waals surface area contributed by atoms with Gasteiger partial charge in [0.15, 0.2) is 0 Å². The van der Waals surface area contributed by atoms with Crippen molar-refractivity contribution < 1.29 is 9.90 Å². The van der Waals surface area contributed by atoms with E-state index >= 15 is 0 Å². The van der Waals surface area contributed by atoms with Crippen LogP contribution in [0.1, 0.15) is 84.0 Å². The lowest BCUT2D eigenvalue weighted by atomic mass is 10.1. The predicted molar refractivity (Wildman–Crippen MR) is 96.1 cm³/mol. The highest BCUT2D eigenvalue weighted by atomic mass is 16.4. The van der Waals surface area contributed by atoms with E-state index in [9.17, 15) is 4.79 Å². The monoisotopic (exact) mass is 306 g/mol. The van der Waals surface area contributed by atoms with Gasteiger partial charge >= 0.3 is 5.97 Å². The van der Waals surface area contributed by atoms with Crippen LogP contribution >= 0.6 is 0 Å². The van der Waals surface area contributed by atoms with Crippen molar-refractivity contribution in [1.82, 2.24) is 0 Å². The van der Waals surface area contributed by atoms with Crippen molar-refractivity contribution in [2.45, 2.75) is 84.0 Å². The first-order valence-electron chi connectivity index (χ1n) is 8.94. The number of hydrogen-bond acceptors (Lipinski definition) is 1. The lowest BCUT2D eigenvalue weighted by Crippen LogP contribution is -1.89. The zero-order valence-corrected chi connectivity index (χ0v) is 14.3. The van der Waals surface area contributed by atoms with Crippen LogP contribution in [0.5, 0.6) is 0 Å². The Morgan fingerprint density at radius 2 is 1.14 bits per heavy atom. The molecular weight excluding hydrogens is 272 g/mol. The fraction of sp³-hybridized carbons (Fsp3) is 0.650. The molecule has 1 N–H and O–H groups in total. The van der Waals surface area contributed by atoms with E-state index in [1.807, 2.05) is 6.08 Å². The van der Waals surface area contributed by atoms with E-state index < -0.39 is 5.97 Å². The molecule has 0 radical (unpaired) electrons. The third kappa shape index (κ3) is 18.7. The maximum Gasteiger partial charge on any atom is 0.307 e. The van der Waals surface area contributed by atoms with Gasteiger partial charge in [-0.15, -0.1) is 0 Å². The summed E-state index contributed by atoms with van der Waals surface area (Å²) in [6.45, 7) is 2.18. The van der Waals surface area contributed by atoms with E-state index in [0.29, 0.717) is 0 Å². The first-order valence-corrected chi connectivity index (χ1v) is 8.94. The van der Waals surface area contributed by atoms with Gasteiger partial charge in [0, 0.05) is 0 Å². The smallest absolute Gasteiger partial charge is 0.307 e. The first kappa shape index (κ1) is 20.7. The number of aliphatic carboxylic acids is 1. The van der Waals surface area contributed by atoms with Crippen molar-refractivity contribution in [3.63, 3.8) is 0 Å². The molecule has 0 aromatic heterocycles. The minimum atomic E-state index is -0.756. The summed E-state index contributed by atoms with van der Waals surface area (Å²) in [5.74, 6) is -0.756. The summed E-state index contributed by atoms with van der Waals surface area (Å²) in [7, 11) is 0. The van der Waals surface area contributed by atoms with Gasteiger partial charge in [-0.25, -0.2) is 0 Å². The highest BCUT2D eigenvalue weighted by Crippen LogP contribution is 2.08. The van der Waals surface area contributed by atoms with Gasteiger partial charge in [0.1, 0.15) is 0 Å². The average molecular weight is 306 g/mol. The molecule has 0 rings (SSSR count). The number of hydrogen-bond donors (Lipinski definition) is 1. The number of allylic oxidation sites excluding steroid dienone is 5. The Morgan fingerprint density at radius 3 is 1.68 bits per heavy atom. The summed E-state index contributed by atoms with van der Waals surface area (Å²) in [5, 5.41) is 8.47. The van der Waals surface area contributed by atoms with Crippen molar-refractivity contribution in [3.05, 3.63) is 36.5 Å². The number of carboxylic acids is 1. The van der Waals surface area contributed by atoms with Crippen LogP contribution in [-0.2, 0) is 4.79 Å². The Hall–Kier alpha value is -1.31. The largest absolute Gasteiger partial charge is 0.481 e. The predicted octanol–water partition coefficient (Wildman–Crippen LogP) is 6.44. The molecule has 0 aromatic carbocycles.